The summed E-state index contributed by atoms with van der Waals surface area (Å²) in [4.78, 5) is 2.58. The highest BCUT2D eigenvalue weighted by Gasteiger charge is 2.46. The molecule has 0 saturated heterocycles. The fourth-order valence-corrected chi connectivity index (χ4v) is 6.94. The Balaban J connectivity index is 1.48. The van der Waals surface area contributed by atoms with Gasteiger partial charge in [0.15, 0.2) is 0 Å². The Bertz CT molecular complexity index is 1510. The third-order valence-corrected chi connectivity index (χ3v) is 8.91. The number of hydrogen-bond acceptors (Lipinski definition) is 1. The molecule has 4 aliphatic rings. The summed E-state index contributed by atoms with van der Waals surface area (Å²) in [6, 6.07) is 28.4. The predicted molar refractivity (Wildman–Crippen MR) is 139 cm³/mol. The van der Waals surface area contributed by atoms with Gasteiger partial charge in [0.1, 0.15) is 0 Å². The molecule has 0 N–H and O–H groups in total. The average Bonchev–Trinajstić information content (AvgIpc) is 2.79. The van der Waals surface area contributed by atoms with Crippen LogP contribution in [0.3, 0.4) is 0 Å². The van der Waals surface area contributed by atoms with Crippen molar-refractivity contribution in [2.75, 3.05) is 4.90 Å². The topological polar surface area (TPSA) is 3.24 Å². The molecule has 0 amide bonds. The highest BCUT2D eigenvalue weighted by molar-refractivity contribution is 6.99. The van der Waals surface area contributed by atoms with E-state index in [1.54, 1.807) is 5.56 Å². The lowest BCUT2D eigenvalue weighted by Gasteiger charge is -2.46. The second-order valence-electron chi connectivity index (χ2n) is 10.9. The van der Waals surface area contributed by atoms with Crippen LogP contribution in [0, 0.1) is 0 Å². The van der Waals surface area contributed by atoms with E-state index in [2.05, 4.69) is 91.5 Å². The van der Waals surface area contributed by atoms with E-state index in [0.29, 0.717) is 6.71 Å². The van der Waals surface area contributed by atoms with Crippen molar-refractivity contribution in [1.29, 1.82) is 0 Å². The van der Waals surface area contributed by atoms with Crippen molar-refractivity contribution in [2.45, 2.75) is 44.9 Å². The van der Waals surface area contributed by atoms with Crippen LogP contribution < -0.4 is 21.3 Å². The lowest BCUT2D eigenvalue weighted by Crippen LogP contribution is -2.64. The fourth-order valence-electron chi connectivity index (χ4n) is 6.94. The lowest BCUT2D eigenvalue weighted by molar-refractivity contribution is 0.646. The minimum atomic E-state index is -0.0120. The average molecular weight is 423 g/mol. The first-order valence-electron chi connectivity index (χ1n) is 12.4. The van der Waals surface area contributed by atoms with Crippen LogP contribution >= 0.6 is 0 Å². The SMILES string of the molecule is CC1(C)c2ccccc2B2c3cc4c(cc3N(c3ccc5c(c3)CC5)c3cccc1c32)CC4. The quantitative estimate of drug-likeness (QED) is 0.350. The molecule has 0 radical (unpaired) electrons. The first-order chi connectivity index (χ1) is 16.1. The molecule has 0 fully saturated rings. The van der Waals surface area contributed by atoms with Crippen molar-refractivity contribution in [2.24, 2.45) is 0 Å². The molecule has 0 saturated carbocycles. The van der Waals surface area contributed by atoms with Crippen molar-refractivity contribution in [3.05, 3.63) is 106 Å². The Morgan fingerprint density at radius 2 is 1.36 bits per heavy atom. The molecule has 33 heavy (non-hydrogen) atoms. The second-order valence-corrected chi connectivity index (χ2v) is 10.9. The number of aryl methyl sites for hydroxylation is 4. The lowest BCUT2D eigenvalue weighted by atomic mass is 9.30. The standard InChI is InChI=1S/C31H26BN/c1-31(2)24-6-3-4-8-26(24)32-27-17-21-12-13-22(21)18-29(27)33(28-9-5-7-25(31)30(28)32)23-15-14-19-10-11-20(19)16-23/h3-9,14-18H,10-13H2,1-2H3. The third kappa shape index (κ3) is 2.20. The molecule has 0 spiro atoms. The number of nitrogens with zero attached hydrogens (tertiary/aromatic N) is 1. The van der Waals surface area contributed by atoms with Gasteiger partial charge in [-0.25, -0.2) is 0 Å². The van der Waals surface area contributed by atoms with Crippen LogP contribution in [-0.4, -0.2) is 6.71 Å². The zero-order valence-corrected chi connectivity index (χ0v) is 19.3. The summed E-state index contributed by atoms with van der Waals surface area (Å²) < 4.78 is 0. The van der Waals surface area contributed by atoms with Crippen molar-refractivity contribution in [3.8, 4) is 0 Å². The molecule has 0 atom stereocenters. The van der Waals surface area contributed by atoms with Crippen LogP contribution in [0.5, 0.6) is 0 Å². The number of fused-ring (bicyclic) bond motifs is 6. The van der Waals surface area contributed by atoms with Crippen molar-refractivity contribution < 1.29 is 0 Å². The number of anilines is 3. The molecule has 1 nitrogen and oxygen atoms in total. The third-order valence-electron chi connectivity index (χ3n) is 8.91. The number of rotatable bonds is 1. The van der Waals surface area contributed by atoms with Crippen LogP contribution in [0.15, 0.2) is 72.8 Å². The Morgan fingerprint density at radius 3 is 2.15 bits per heavy atom. The maximum absolute atomic E-state index is 2.58. The van der Waals surface area contributed by atoms with E-state index >= 15 is 0 Å². The normalized spacial score (nSPS) is 17.6. The zero-order valence-electron chi connectivity index (χ0n) is 19.3. The van der Waals surface area contributed by atoms with Gasteiger partial charge in [0.05, 0.1) is 0 Å². The van der Waals surface area contributed by atoms with Crippen molar-refractivity contribution >= 4 is 40.2 Å². The van der Waals surface area contributed by atoms with Crippen LogP contribution in [0.2, 0.25) is 0 Å². The van der Waals surface area contributed by atoms with E-state index < -0.39 is 0 Å². The summed E-state index contributed by atoms with van der Waals surface area (Å²) in [6.07, 6.45) is 4.87. The van der Waals surface area contributed by atoms with Gasteiger partial charge in [-0.15, -0.1) is 0 Å². The van der Waals surface area contributed by atoms with Gasteiger partial charge in [-0.3, -0.25) is 0 Å². The van der Waals surface area contributed by atoms with E-state index in [-0.39, 0.29) is 5.41 Å². The van der Waals surface area contributed by atoms with Gasteiger partial charge in [-0.2, -0.15) is 0 Å². The predicted octanol–water partition coefficient (Wildman–Crippen LogP) is 4.82. The van der Waals surface area contributed by atoms with E-state index in [9.17, 15) is 0 Å². The summed E-state index contributed by atoms with van der Waals surface area (Å²) in [5.41, 5.74) is 17.6. The van der Waals surface area contributed by atoms with Gasteiger partial charge in [0.25, 0.3) is 0 Å². The van der Waals surface area contributed by atoms with Gasteiger partial charge >= 0.3 is 0 Å². The van der Waals surface area contributed by atoms with E-state index in [1.165, 1.54) is 87.0 Å². The molecular weight excluding hydrogens is 397 g/mol. The monoisotopic (exact) mass is 423 g/mol. The summed E-state index contributed by atoms with van der Waals surface area (Å²) in [6.45, 7) is 5.12. The summed E-state index contributed by atoms with van der Waals surface area (Å²) in [5, 5.41) is 0. The molecule has 0 bridgehead atoms. The number of hydrogen-bond donors (Lipinski definition) is 0. The maximum atomic E-state index is 2.58. The molecule has 2 aliphatic carbocycles. The molecule has 2 heterocycles. The zero-order chi connectivity index (χ0) is 21.9. The first kappa shape index (κ1) is 18.2. The molecule has 2 aliphatic heterocycles. The van der Waals surface area contributed by atoms with Crippen molar-refractivity contribution in [1.82, 2.24) is 0 Å². The Kier molecular flexibility index (Phi) is 3.31. The molecular formula is C31H26BN. The van der Waals surface area contributed by atoms with Crippen LogP contribution in [0.25, 0.3) is 0 Å². The highest BCUT2D eigenvalue weighted by Crippen LogP contribution is 2.44. The Labute approximate surface area is 196 Å². The number of benzene rings is 4. The second kappa shape index (κ2) is 6.00. The largest absolute Gasteiger partial charge is 0.311 e. The summed E-state index contributed by atoms with van der Waals surface area (Å²) >= 11 is 0. The molecule has 2 heteroatoms. The summed E-state index contributed by atoms with van der Waals surface area (Å²) in [7, 11) is 0. The molecule has 158 valence electrons. The first-order valence-corrected chi connectivity index (χ1v) is 12.4. The van der Waals surface area contributed by atoms with Crippen molar-refractivity contribution in [3.63, 3.8) is 0 Å². The van der Waals surface area contributed by atoms with Gasteiger partial charge in [0, 0.05) is 22.5 Å². The molecule has 0 aromatic heterocycles. The minimum absolute atomic E-state index is 0.0120. The van der Waals surface area contributed by atoms with Crippen LogP contribution in [0.4, 0.5) is 17.1 Å². The molecule has 4 aromatic carbocycles. The Hall–Kier alpha value is -3.26. The van der Waals surface area contributed by atoms with Gasteiger partial charge in [-0.1, -0.05) is 67.8 Å². The molecule has 0 unspecified atom stereocenters. The van der Waals surface area contributed by atoms with Gasteiger partial charge < -0.3 is 4.90 Å². The van der Waals surface area contributed by atoms with Crippen LogP contribution in [-0.2, 0) is 31.1 Å². The van der Waals surface area contributed by atoms with E-state index in [4.69, 9.17) is 0 Å². The highest BCUT2D eigenvalue weighted by atomic mass is 15.2. The maximum Gasteiger partial charge on any atom is 0.247 e. The van der Waals surface area contributed by atoms with E-state index in [1.807, 2.05) is 0 Å². The summed E-state index contributed by atoms with van der Waals surface area (Å²) in [5.74, 6) is 0. The molecule has 8 rings (SSSR count). The Morgan fingerprint density at radius 1 is 0.636 bits per heavy atom. The smallest absolute Gasteiger partial charge is 0.247 e. The van der Waals surface area contributed by atoms with Crippen LogP contribution in [0.1, 0.15) is 47.2 Å². The van der Waals surface area contributed by atoms with E-state index in [0.717, 1.165) is 0 Å². The minimum Gasteiger partial charge on any atom is -0.311 e. The van der Waals surface area contributed by atoms with Gasteiger partial charge in [0.2, 0.25) is 6.71 Å². The van der Waals surface area contributed by atoms with Gasteiger partial charge in [-0.05, 0) is 94.3 Å². The fraction of sp³-hybridized carbons (Fsp3) is 0.226. The molecule has 4 aromatic rings.